The lowest BCUT2D eigenvalue weighted by Gasteiger charge is -2.56. The molecule has 5 aliphatic rings. The van der Waals surface area contributed by atoms with Gasteiger partial charge in [-0.25, -0.2) is 0 Å². The van der Waals surface area contributed by atoms with Crippen LogP contribution in [0.2, 0.25) is 0 Å². The van der Waals surface area contributed by atoms with Crippen LogP contribution in [0.3, 0.4) is 0 Å². The lowest BCUT2D eigenvalue weighted by atomic mass is 9.50. The van der Waals surface area contributed by atoms with Crippen LogP contribution >= 0.6 is 0 Å². The third-order valence-corrected chi connectivity index (χ3v) is 6.46. The number of aliphatic hydroxyl groups is 1. The van der Waals surface area contributed by atoms with Crippen LogP contribution in [-0.4, -0.2) is 62.2 Å². The minimum Gasteiger partial charge on any atom is -0.389 e. The zero-order valence-corrected chi connectivity index (χ0v) is 13.7. The highest BCUT2D eigenvalue weighted by Crippen LogP contribution is 2.60. The Balaban J connectivity index is 1.21. The number of ether oxygens (including phenoxy) is 2. The van der Waals surface area contributed by atoms with Gasteiger partial charge in [0.15, 0.2) is 0 Å². The third-order valence-electron chi connectivity index (χ3n) is 6.46. The minimum atomic E-state index is -0.355. The summed E-state index contributed by atoms with van der Waals surface area (Å²) in [5, 5.41) is 10.2. The van der Waals surface area contributed by atoms with Gasteiger partial charge in [0.05, 0.1) is 32.5 Å². The molecule has 4 aliphatic carbocycles. The molecule has 22 heavy (non-hydrogen) atoms. The maximum atomic E-state index is 10.2. The van der Waals surface area contributed by atoms with Crippen LogP contribution < -0.4 is 0 Å². The highest BCUT2D eigenvalue weighted by Gasteiger charge is 2.50. The van der Waals surface area contributed by atoms with Gasteiger partial charge in [-0.3, -0.25) is 4.90 Å². The molecule has 1 aliphatic heterocycles. The molecular weight excluding hydrogens is 278 g/mol. The van der Waals surface area contributed by atoms with Gasteiger partial charge < -0.3 is 14.6 Å². The van der Waals surface area contributed by atoms with Gasteiger partial charge in [0.25, 0.3) is 0 Å². The lowest BCUT2D eigenvalue weighted by molar-refractivity contribution is -0.108. The number of aliphatic hydroxyl groups excluding tert-OH is 1. The Morgan fingerprint density at radius 2 is 1.64 bits per heavy atom. The SMILES string of the molecule is O[C@H](COCC12CC3CC(CC(C3)C1)C2)CN1CCOCC1. The molecule has 4 bridgehead atoms. The molecule has 4 saturated carbocycles. The molecule has 5 rings (SSSR count). The van der Waals surface area contributed by atoms with E-state index in [4.69, 9.17) is 9.47 Å². The van der Waals surface area contributed by atoms with Crippen molar-refractivity contribution in [2.45, 2.75) is 44.6 Å². The predicted molar refractivity (Wildman–Crippen MR) is 84.7 cm³/mol. The van der Waals surface area contributed by atoms with Crippen molar-refractivity contribution in [1.82, 2.24) is 4.90 Å². The van der Waals surface area contributed by atoms with Gasteiger partial charge in [-0.15, -0.1) is 0 Å². The van der Waals surface area contributed by atoms with Crippen LogP contribution in [0.4, 0.5) is 0 Å². The normalized spacial score (nSPS) is 42.7. The van der Waals surface area contributed by atoms with Gasteiger partial charge >= 0.3 is 0 Å². The van der Waals surface area contributed by atoms with Crippen molar-refractivity contribution < 1.29 is 14.6 Å². The molecule has 1 N–H and O–H groups in total. The van der Waals surface area contributed by atoms with E-state index in [-0.39, 0.29) is 6.10 Å². The molecule has 5 fully saturated rings. The molecule has 0 spiro atoms. The maximum absolute atomic E-state index is 10.2. The average Bonchev–Trinajstić information content (AvgIpc) is 2.46. The van der Waals surface area contributed by atoms with Gasteiger partial charge in [0, 0.05) is 19.6 Å². The first-order chi connectivity index (χ1) is 10.7. The van der Waals surface area contributed by atoms with Crippen LogP contribution in [0.1, 0.15) is 38.5 Å². The maximum Gasteiger partial charge on any atom is 0.0900 e. The number of morpholine rings is 1. The molecule has 0 unspecified atom stereocenters. The minimum absolute atomic E-state index is 0.355. The number of nitrogens with zero attached hydrogens (tertiary/aromatic N) is 1. The highest BCUT2D eigenvalue weighted by molar-refractivity contribution is 5.01. The van der Waals surface area contributed by atoms with Crippen molar-refractivity contribution in [3.8, 4) is 0 Å². The van der Waals surface area contributed by atoms with Crippen molar-refractivity contribution in [2.24, 2.45) is 23.2 Å². The summed E-state index contributed by atoms with van der Waals surface area (Å²) in [4.78, 5) is 2.28. The van der Waals surface area contributed by atoms with E-state index in [1.54, 1.807) is 0 Å². The summed E-state index contributed by atoms with van der Waals surface area (Å²) in [5.41, 5.74) is 0.466. The van der Waals surface area contributed by atoms with Crippen molar-refractivity contribution in [3.05, 3.63) is 0 Å². The van der Waals surface area contributed by atoms with Crippen molar-refractivity contribution in [1.29, 1.82) is 0 Å². The summed E-state index contributed by atoms with van der Waals surface area (Å²) in [5.74, 6) is 2.94. The van der Waals surface area contributed by atoms with E-state index in [9.17, 15) is 5.11 Å². The average molecular weight is 309 g/mol. The fourth-order valence-corrected chi connectivity index (χ4v) is 6.01. The fraction of sp³-hybridized carbons (Fsp3) is 1.00. The van der Waals surface area contributed by atoms with Crippen LogP contribution in [0.5, 0.6) is 0 Å². The Kier molecular flexibility index (Phi) is 4.46. The topological polar surface area (TPSA) is 41.9 Å². The van der Waals surface area contributed by atoms with E-state index in [0.29, 0.717) is 12.0 Å². The van der Waals surface area contributed by atoms with E-state index < -0.39 is 0 Å². The van der Waals surface area contributed by atoms with Crippen molar-refractivity contribution >= 4 is 0 Å². The van der Waals surface area contributed by atoms with Gasteiger partial charge in [-0.05, 0) is 61.7 Å². The van der Waals surface area contributed by atoms with Crippen molar-refractivity contribution in [3.63, 3.8) is 0 Å². The summed E-state index contributed by atoms with van der Waals surface area (Å²) >= 11 is 0. The summed E-state index contributed by atoms with van der Waals surface area (Å²) in [6.07, 6.45) is 8.26. The quantitative estimate of drug-likeness (QED) is 0.814. The molecule has 0 aromatic rings. The van der Waals surface area contributed by atoms with Gasteiger partial charge in [-0.1, -0.05) is 0 Å². The van der Waals surface area contributed by atoms with Crippen LogP contribution in [-0.2, 0) is 9.47 Å². The summed E-state index contributed by atoms with van der Waals surface area (Å²) in [7, 11) is 0. The van der Waals surface area contributed by atoms with E-state index in [0.717, 1.165) is 57.2 Å². The standard InChI is InChI=1S/C18H31NO3/c20-17(11-19-1-3-21-4-2-19)12-22-13-18-8-14-5-15(9-18)7-16(6-14)10-18/h14-17,20H,1-13H2/t14?,15?,16?,17-,18?/m0/s1. The Labute approximate surface area is 134 Å². The van der Waals surface area contributed by atoms with Crippen LogP contribution in [0, 0.1) is 23.2 Å². The van der Waals surface area contributed by atoms with Crippen molar-refractivity contribution in [2.75, 3.05) is 46.1 Å². The van der Waals surface area contributed by atoms with Gasteiger partial charge in [0.2, 0.25) is 0 Å². The second-order valence-electron chi connectivity index (χ2n) is 8.50. The Hall–Kier alpha value is -0.160. The molecule has 0 radical (unpaired) electrons. The Morgan fingerprint density at radius 3 is 2.23 bits per heavy atom. The summed E-state index contributed by atoms with van der Waals surface area (Å²) < 4.78 is 11.4. The predicted octanol–water partition coefficient (Wildman–Crippen LogP) is 1.91. The monoisotopic (exact) mass is 309 g/mol. The molecule has 1 heterocycles. The fourth-order valence-electron chi connectivity index (χ4n) is 6.01. The highest BCUT2D eigenvalue weighted by atomic mass is 16.5. The molecule has 0 aromatic heterocycles. The Morgan fingerprint density at radius 1 is 1.05 bits per heavy atom. The van der Waals surface area contributed by atoms with Crippen LogP contribution in [0.15, 0.2) is 0 Å². The van der Waals surface area contributed by atoms with E-state index in [1.165, 1.54) is 38.5 Å². The number of hydrogen-bond acceptors (Lipinski definition) is 4. The van der Waals surface area contributed by atoms with Crippen LogP contribution in [0.25, 0.3) is 0 Å². The van der Waals surface area contributed by atoms with Gasteiger partial charge in [0.1, 0.15) is 0 Å². The first kappa shape index (κ1) is 15.4. The summed E-state index contributed by atoms with van der Waals surface area (Å²) in [6, 6.07) is 0. The zero-order chi connectivity index (χ0) is 15.0. The first-order valence-electron chi connectivity index (χ1n) is 9.27. The molecule has 4 nitrogen and oxygen atoms in total. The van der Waals surface area contributed by atoms with E-state index in [1.807, 2.05) is 0 Å². The number of rotatable bonds is 6. The number of hydrogen-bond donors (Lipinski definition) is 1. The molecule has 0 aromatic carbocycles. The van der Waals surface area contributed by atoms with E-state index in [2.05, 4.69) is 4.90 Å². The first-order valence-corrected chi connectivity index (χ1v) is 9.27. The Bertz CT molecular complexity index is 345. The lowest BCUT2D eigenvalue weighted by Crippen LogP contribution is -2.48. The summed E-state index contributed by atoms with van der Waals surface area (Å²) in [6.45, 7) is 5.57. The second-order valence-corrected chi connectivity index (χ2v) is 8.50. The molecular formula is C18H31NO3. The molecule has 4 heteroatoms. The van der Waals surface area contributed by atoms with Gasteiger partial charge in [-0.2, -0.15) is 0 Å². The second kappa shape index (κ2) is 6.39. The molecule has 126 valence electrons. The van der Waals surface area contributed by atoms with E-state index >= 15 is 0 Å². The zero-order valence-electron chi connectivity index (χ0n) is 13.7. The smallest absolute Gasteiger partial charge is 0.0900 e. The number of β-amino-alcohol motifs (C(OH)–C–C–N with tert-alkyl or cyclic N) is 1. The third kappa shape index (κ3) is 3.35. The molecule has 1 atom stereocenters. The molecule has 0 amide bonds. The molecule has 1 saturated heterocycles. The largest absolute Gasteiger partial charge is 0.389 e.